The largest absolute Gasteiger partial charge is 0.448 e. The van der Waals surface area contributed by atoms with Gasteiger partial charge in [0, 0.05) is 6.04 Å². The van der Waals surface area contributed by atoms with E-state index in [1.807, 2.05) is 30.3 Å². The van der Waals surface area contributed by atoms with Crippen molar-refractivity contribution in [1.29, 1.82) is 0 Å². The zero-order valence-corrected chi connectivity index (χ0v) is 9.07. The average Bonchev–Trinajstić information content (AvgIpc) is 2.16. The molecule has 0 saturated carbocycles. The van der Waals surface area contributed by atoms with E-state index in [4.69, 9.17) is 11.5 Å². The van der Waals surface area contributed by atoms with Crippen LogP contribution < -0.4 is 11.5 Å². The third kappa shape index (κ3) is 5.93. The van der Waals surface area contributed by atoms with Crippen molar-refractivity contribution in [3.8, 4) is 0 Å². The van der Waals surface area contributed by atoms with E-state index in [2.05, 4.69) is 4.74 Å². The topological polar surface area (TPSA) is 78.3 Å². The van der Waals surface area contributed by atoms with Crippen molar-refractivity contribution in [2.75, 3.05) is 6.61 Å². The van der Waals surface area contributed by atoms with Gasteiger partial charge in [0.2, 0.25) is 0 Å². The number of rotatable bonds is 4. The molecule has 1 aromatic carbocycles. The molecule has 1 aromatic rings. The molecule has 1 rings (SSSR count). The second-order valence-electron chi connectivity index (χ2n) is 3.08. The van der Waals surface area contributed by atoms with Crippen molar-refractivity contribution in [3.05, 3.63) is 35.9 Å². The number of halogens is 1. The number of carbonyl (C=O) groups is 1. The molecule has 0 radical (unpaired) electrons. The molecule has 0 fully saturated rings. The molecule has 0 aromatic heterocycles. The van der Waals surface area contributed by atoms with Gasteiger partial charge in [-0.15, -0.1) is 12.4 Å². The molecule has 0 spiro atoms. The Hall–Kier alpha value is -1.26. The zero-order valence-electron chi connectivity index (χ0n) is 8.26. The van der Waals surface area contributed by atoms with Crippen LogP contribution in [0.5, 0.6) is 0 Å². The first-order valence-corrected chi connectivity index (χ1v) is 4.40. The molecule has 84 valence electrons. The molecule has 15 heavy (non-hydrogen) atoms. The van der Waals surface area contributed by atoms with Crippen LogP contribution in [0.25, 0.3) is 0 Å². The third-order valence-corrected chi connectivity index (χ3v) is 1.78. The second kappa shape index (κ2) is 7.09. The number of hydrogen-bond acceptors (Lipinski definition) is 3. The van der Waals surface area contributed by atoms with Crippen LogP contribution in [0, 0.1) is 0 Å². The lowest BCUT2D eigenvalue weighted by molar-refractivity contribution is 0.149. The van der Waals surface area contributed by atoms with Crippen LogP contribution in [0.15, 0.2) is 30.3 Å². The maximum absolute atomic E-state index is 10.3. The van der Waals surface area contributed by atoms with E-state index in [0.717, 1.165) is 5.56 Å². The van der Waals surface area contributed by atoms with Gasteiger partial charge in [-0.25, -0.2) is 4.79 Å². The van der Waals surface area contributed by atoms with Gasteiger partial charge in [-0.3, -0.25) is 0 Å². The summed E-state index contributed by atoms with van der Waals surface area (Å²) in [6.07, 6.45) is -0.109. The van der Waals surface area contributed by atoms with E-state index in [0.29, 0.717) is 6.42 Å². The van der Waals surface area contributed by atoms with Crippen molar-refractivity contribution in [2.45, 2.75) is 12.5 Å². The molecule has 4 N–H and O–H groups in total. The van der Waals surface area contributed by atoms with Gasteiger partial charge in [0.1, 0.15) is 6.61 Å². The fourth-order valence-electron chi connectivity index (χ4n) is 1.16. The summed E-state index contributed by atoms with van der Waals surface area (Å²) >= 11 is 0. The number of carbonyl (C=O) groups excluding carboxylic acids is 1. The Balaban J connectivity index is 0.00000196. The van der Waals surface area contributed by atoms with Gasteiger partial charge in [0.25, 0.3) is 0 Å². The maximum atomic E-state index is 10.3. The summed E-state index contributed by atoms with van der Waals surface area (Å²) in [7, 11) is 0. The first-order chi connectivity index (χ1) is 6.68. The van der Waals surface area contributed by atoms with E-state index >= 15 is 0 Å². The van der Waals surface area contributed by atoms with Gasteiger partial charge in [0.05, 0.1) is 0 Å². The van der Waals surface area contributed by atoms with Crippen molar-refractivity contribution >= 4 is 18.5 Å². The van der Waals surface area contributed by atoms with Crippen LogP contribution >= 0.6 is 12.4 Å². The first kappa shape index (κ1) is 13.7. The van der Waals surface area contributed by atoms with Gasteiger partial charge in [-0.1, -0.05) is 30.3 Å². The van der Waals surface area contributed by atoms with Crippen molar-refractivity contribution < 1.29 is 9.53 Å². The molecule has 0 heterocycles. The Labute approximate surface area is 95.0 Å². The van der Waals surface area contributed by atoms with Gasteiger partial charge >= 0.3 is 6.09 Å². The highest BCUT2D eigenvalue weighted by atomic mass is 35.5. The normalized spacial score (nSPS) is 11.3. The standard InChI is InChI=1S/C10H14N2O2.ClH/c11-9(7-14-10(12)13)6-8-4-2-1-3-5-8;/h1-5,9H,6-7,11H2,(H2,12,13);1H. The molecule has 5 heteroatoms. The van der Waals surface area contributed by atoms with E-state index in [9.17, 15) is 4.79 Å². The molecule has 1 atom stereocenters. The third-order valence-electron chi connectivity index (χ3n) is 1.78. The summed E-state index contributed by atoms with van der Waals surface area (Å²) in [6.45, 7) is 0.157. The van der Waals surface area contributed by atoms with E-state index < -0.39 is 6.09 Å². The van der Waals surface area contributed by atoms with Crippen LogP contribution in [0.4, 0.5) is 4.79 Å². The average molecular weight is 231 g/mol. The Morgan fingerprint density at radius 1 is 1.33 bits per heavy atom. The summed E-state index contributed by atoms with van der Waals surface area (Å²) in [5.41, 5.74) is 11.7. The van der Waals surface area contributed by atoms with Crippen LogP contribution in [-0.4, -0.2) is 18.7 Å². The van der Waals surface area contributed by atoms with E-state index in [1.54, 1.807) is 0 Å². The monoisotopic (exact) mass is 230 g/mol. The molecular formula is C10H15ClN2O2. The summed E-state index contributed by atoms with van der Waals surface area (Å²) in [6, 6.07) is 9.57. The van der Waals surface area contributed by atoms with Crippen LogP contribution in [-0.2, 0) is 11.2 Å². The lowest BCUT2D eigenvalue weighted by Gasteiger charge is -2.10. The highest BCUT2D eigenvalue weighted by Crippen LogP contribution is 2.01. The molecule has 1 unspecified atom stereocenters. The minimum atomic E-state index is -0.784. The lowest BCUT2D eigenvalue weighted by Crippen LogP contribution is -2.31. The van der Waals surface area contributed by atoms with Crippen LogP contribution in [0.1, 0.15) is 5.56 Å². The van der Waals surface area contributed by atoms with Crippen LogP contribution in [0.3, 0.4) is 0 Å². The molecule has 4 nitrogen and oxygen atoms in total. The smallest absolute Gasteiger partial charge is 0.404 e. The Morgan fingerprint density at radius 2 is 1.93 bits per heavy atom. The van der Waals surface area contributed by atoms with E-state index in [1.165, 1.54) is 0 Å². The predicted molar refractivity (Wildman–Crippen MR) is 60.9 cm³/mol. The Bertz CT molecular complexity index is 293. The van der Waals surface area contributed by atoms with Crippen LogP contribution in [0.2, 0.25) is 0 Å². The molecule has 0 aliphatic rings. The first-order valence-electron chi connectivity index (χ1n) is 4.40. The molecule has 0 bridgehead atoms. The molecular weight excluding hydrogens is 216 g/mol. The van der Waals surface area contributed by atoms with Gasteiger partial charge in [0.15, 0.2) is 0 Å². The molecule has 0 saturated heterocycles. The SMILES string of the molecule is Cl.NC(=O)OCC(N)Cc1ccccc1. The minimum Gasteiger partial charge on any atom is -0.448 e. The highest BCUT2D eigenvalue weighted by Gasteiger charge is 2.05. The van der Waals surface area contributed by atoms with Gasteiger partial charge < -0.3 is 16.2 Å². The minimum absolute atomic E-state index is 0. The predicted octanol–water partition coefficient (Wildman–Crippen LogP) is 1.07. The fourth-order valence-corrected chi connectivity index (χ4v) is 1.16. The number of primary amides is 1. The zero-order chi connectivity index (χ0) is 10.4. The number of benzene rings is 1. The number of ether oxygens (including phenoxy) is 1. The lowest BCUT2D eigenvalue weighted by atomic mass is 10.1. The summed E-state index contributed by atoms with van der Waals surface area (Å²) in [4.78, 5) is 10.3. The van der Waals surface area contributed by atoms with Gasteiger partial charge in [-0.05, 0) is 12.0 Å². The molecule has 0 aliphatic heterocycles. The Morgan fingerprint density at radius 3 is 2.47 bits per heavy atom. The molecule has 0 aliphatic carbocycles. The van der Waals surface area contributed by atoms with Crippen molar-refractivity contribution in [2.24, 2.45) is 11.5 Å². The quantitative estimate of drug-likeness (QED) is 0.812. The summed E-state index contributed by atoms with van der Waals surface area (Å²) in [5.74, 6) is 0. The number of nitrogens with two attached hydrogens (primary N) is 2. The maximum Gasteiger partial charge on any atom is 0.404 e. The summed E-state index contributed by atoms with van der Waals surface area (Å²) in [5, 5.41) is 0. The number of amides is 1. The number of hydrogen-bond donors (Lipinski definition) is 2. The Kier molecular flexibility index (Phi) is 6.49. The fraction of sp³-hybridized carbons (Fsp3) is 0.300. The van der Waals surface area contributed by atoms with Crippen molar-refractivity contribution in [3.63, 3.8) is 0 Å². The summed E-state index contributed by atoms with van der Waals surface area (Å²) < 4.78 is 4.59. The highest BCUT2D eigenvalue weighted by molar-refractivity contribution is 5.85. The van der Waals surface area contributed by atoms with E-state index in [-0.39, 0.29) is 25.1 Å². The second-order valence-corrected chi connectivity index (χ2v) is 3.08. The van der Waals surface area contributed by atoms with Crippen molar-refractivity contribution in [1.82, 2.24) is 0 Å². The molecule has 1 amide bonds. The van der Waals surface area contributed by atoms with Gasteiger partial charge in [-0.2, -0.15) is 0 Å².